The summed E-state index contributed by atoms with van der Waals surface area (Å²) in [5, 5.41) is 0. The molecule has 0 spiro atoms. The number of aldehydes is 1. The fourth-order valence-electron chi connectivity index (χ4n) is 1.36. The molecule has 0 aliphatic heterocycles. The zero-order valence-electron chi connectivity index (χ0n) is 8.36. The van der Waals surface area contributed by atoms with Gasteiger partial charge in [-0.05, 0) is 30.1 Å². The second-order valence-corrected chi connectivity index (χ2v) is 3.14. The van der Waals surface area contributed by atoms with Crippen LogP contribution in [0.4, 0.5) is 0 Å². The lowest BCUT2D eigenvalue weighted by Crippen LogP contribution is -1.89. The molecular formula is C13H14O. The Bertz CT molecular complexity index is 347. The molecule has 1 aromatic carbocycles. The molecule has 0 unspecified atom stereocenters. The molecule has 0 saturated carbocycles. The van der Waals surface area contributed by atoms with Crippen molar-refractivity contribution in [3.63, 3.8) is 0 Å². The lowest BCUT2D eigenvalue weighted by molar-refractivity contribution is -0.104. The van der Waals surface area contributed by atoms with Crippen molar-refractivity contribution in [2.45, 2.75) is 13.3 Å². The van der Waals surface area contributed by atoms with E-state index in [-0.39, 0.29) is 0 Å². The Labute approximate surface area is 84.8 Å². The van der Waals surface area contributed by atoms with E-state index in [1.54, 1.807) is 0 Å². The molecule has 0 bridgehead atoms. The van der Waals surface area contributed by atoms with Crippen molar-refractivity contribution in [2.24, 2.45) is 0 Å². The minimum atomic E-state index is 0.731. The second kappa shape index (κ2) is 5.18. The van der Waals surface area contributed by atoms with Crippen LogP contribution in [-0.2, 0) is 4.79 Å². The van der Waals surface area contributed by atoms with Crippen LogP contribution in [0.15, 0.2) is 48.6 Å². The van der Waals surface area contributed by atoms with Crippen LogP contribution in [0.3, 0.4) is 0 Å². The standard InChI is InChI=1S/C13H14O/c1-3-7-13(11(2)10-14)12-8-5-4-6-9-12/h3-6,8-10H,1,7H2,2H3. The highest BCUT2D eigenvalue weighted by Crippen LogP contribution is 2.21. The Kier molecular flexibility index (Phi) is 3.86. The van der Waals surface area contributed by atoms with E-state index in [1.165, 1.54) is 0 Å². The quantitative estimate of drug-likeness (QED) is 0.401. The molecule has 0 fully saturated rings. The number of benzene rings is 1. The van der Waals surface area contributed by atoms with Gasteiger partial charge in [0, 0.05) is 0 Å². The summed E-state index contributed by atoms with van der Waals surface area (Å²) in [6, 6.07) is 9.91. The molecule has 0 radical (unpaired) electrons. The van der Waals surface area contributed by atoms with Gasteiger partial charge in [-0.3, -0.25) is 4.79 Å². The highest BCUT2D eigenvalue weighted by atomic mass is 16.1. The summed E-state index contributed by atoms with van der Waals surface area (Å²) in [4.78, 5) is 10.7. The molecule has 72 valence electrons. The average molecular weight is 186 g/mol. The maximum absolute atomic E-state index is 10.7. The lowest BCUT2D eigenvalue weighted by atomic mass is 9.98. The number of hydrogen-bond acceptors (Lipinski definition) is 1. The predicted molar refractivity (Wildman–Crippen MR) is 59.9 cm³/mol. The van der Waals surface area contributed by atoms with Crippen molar-refractivity contribution >= 4 is 11.9 Å². The summed E-state index contributed by atoms with van der Waals surface area (Å²) in [5.74, 6) is 0. The van der Waals surface area contributed by atoms with E-state index in [4.69, 9.17) is 0 Å². The van der Waals surface area contributed by atoms with Gasteiger partial charge in [0.15, 0.2) is 0 Å². The molecule has 0 amide bonds. The summed E-state index contributed by atoms with van der Waals surface area (Å²) in [6.07, 6.45) is 3.44. The third kappa shape index (κ3) is 2.43. The maximum atomic E-state index is 10.7. The van der Waals surface area contributed by atoms with Gasteiger partial charge >= 0.3 is 0 Å². The molecule has 0 aromatic heterocycles. The molecule has 1 rings (SSSR count). The predicted octanol–water partition coefficient (Wildman–Crippen LogP) is 3.24. The zero-order chi connectivity index (χ0) is 10.4. The first-order chi connectivity index (χ1) is 6.79. The fraction of sp³-hybridized carbons (Fsp3) is 0.154. The van der Waals surface area contributed by atoms with Gasteiger partial charge in [0.25, 0.3) is 0 Å². The van der Waals surface area contributed by atoms with Gasteiger partial charge in [-0.2, -0.15) is 0 Å². The van der Waals surface area contributed by atoms with Crippen LogP contribution in [0.1, 0.15) is 18.9 Å². The van der Waals surface area contributed by atoms with Gasteiger partial charge < -0.3 is 0 Å². The molecule has 0 atom stereocenters. The highest BCUT2D eigenvalue weighted by Gasteiger charge is 2.02. The number of allylic oxidation sites excluding steroid dienone is 3. The van der Waals surface area contributed by atoms with E-state index in [0.717, 1.165) is 29.4 Å². The smallest absolute Gasteiger partial charge is 0.146 e. The van der Waals surface area contributed by atoms with Gasteiger partial charge in [-0.25, -0.2) is 0 Å². The molecule has 1 heteroatoms. The molecule has 0 heterocycles. The SMILES string of the molecule is C=CCC(=C(C)C=O)c1ccccc1. The molecular weight excluding hydrogens is 172 g/mol. The first-order valence-electron chi connectivity index (χ1n) is 4.61. The first kappa shape index (κ1) is 10.5. The van der Waals surface area contributed by atoms with Crippen LogP contribution in [0.5, 0.6) is 0 Å². The van der Waals surface area contributed by atoms with Crippen LogP contribution >= 0.6 is 0 Å². The summed E-state index contributed by atoms with van der Waals surface area (Å²) in [5.41, 5.74) is 2.92. The summed E-state index contributed by atoms with van der Waals surface area (Å²) >= 11 is 0. The number of hydrogen-bond donors (Lipinski definition) is 0. The molecule has 0 aliphatic carbocycles. The topological polar surface area (TPSA) is 17.1 Å². The Morgan fingerprint density at radius 1 is 1.36 bits per heavy atom. The van der Waals surface area contributed by atoms with Crippen LogP contribution < -0.4 is 0 Å². The van der Waals surface area contributed by atoms with Crippen molar-refractivity contribution < 1.29 is 4.79 Å². The van der Waals surface area contributed by atoms with Gasteiger partial charge in [0.05, 0.1) is 0 Å². The molecule has 0 N–H and O–H groups in total. The molecule has 14 heavy (non-hydrogen) atoms. The Morgan fingerprint density at radius 3 is 2.50 bits per heavy atom. The van der Waals surface area contributed by atoms with E-state index in [9.17, 15) is 4.79 Å². The minimum absolute atomic E-state index is 0.731. The molecule has 0 saturated heterocycles. The number of carbonyl (C=O) groups excluding carboxylic acids is 1. The number of rotatable bonds is 4. The van der Waals surface area contributed by atoms with Gasteiger partial charge in [-0.1, -0.05) is 36.4 Å². The van der Waals surface area contributed by atoms with Crippen LogP contribution in [-0.4, -0.2) is 6.29 Å². The lowest BCUT2D eigenvalue weighted by Gasteiger charge is -2.06. The maximum Gasteiger partial charge on any atom is 0.146 e. The van der Waals surface area contributed by atoms with Gasteiger partial charge in [0.2, 0.25) is 0 Å². The van der Waals surface area contributed by atoms with Crippen LogP contribution in [0.2, 0.25) is 0 Å². The summed E-state index contributed by atoms with van der Waals surface area (Å²) < 4.78 is 0. The van der Waals surface area contributed by atoms with E-state index in [2.05, 4.69) is 6.58 Å². The van der Waals surface area contributed by atoms with E-state index >= 15 is 0 Å². The summed E-state index contributed by atoms with van der Waals surface area (Å²) in [6.45, 7) is 5.52. The third-order valence-corrected chi connectivity index (χ3v) is 2.12. The minimum Gasteiger partial charge on any atom is -0.298 e. The van der Waals surface area contributed by atoms with Crippen molar-refractivity contribution in [3.8, 4) is 0 Å². The highest BCUT2D eigenvalue weighted by molar-refractivity contribution is 5.87. The molecule has 1 nitrogen and oxygen atoms in total. The average Bonchev–Trinajstić information content (AvgIpc) is 2.26. The Balaban J connectivity index is 3.13. The first-order valence-corrected chi connectivity index (χ1v) is 4.61. The number of carbonyl (C=O) groups is 1. The van der Waals surface area contributed by atoms with Gasteiger partial charge in [-0.15, -0.1) is 6.58 Å². The van der Waals surface area contributed by atoms with Crippen molar-refractivity contribution in [3.05, 3.63) is 54.1 Å². The van der Waals surface area contributed by atoms with Crippen molar-refractivity contribution in [2.75, 3.05) is 0 Å². The fourth-order valence-corrected chi connectivity index (χ4v) is 1.36. The summed E-state index contributed by atoms with van der Waals surface area (Å²) in [7, 11) is 0. The zero-order valence-corrected chi connectivity index (χ0v) is 8.36. The largest absolute Gasteiger partial charge is 0.298 e. The molecule has 0 aliphatic rings. The van der Waals surface area contributed by atoms with Crippen LogP contribution in [0.25, 0.3) is 5.57 Å². The third-order valence-electron chi connectivity index (χ3n) is 2.12. The van der Waals surface area contributed by atoms with E-state index in [0.29, 0.717) is 0 Å². The normalized spacial score (nSPS) is 11.8. The van der Waals surface area contributed by atoms with Crippen LogP contribution in [0, 0.1) is 0 Å². The Morgan fingerprint density at radius 2 is 2.00 bits per heavy atom. The second-order valence-electron chi connectivity index (χ2n) is 3.14. The van der Waals surface area contributed by atoms with Crippen molar-refractivity contribution in [1.82, 2.24) is 0 Å². The van der Waals surface area contributed by atoms with Gasteiger partial charge in [0.1, 0.15) is 6.29 Å². The van der Waals surface area contributed by atoms with E-state index < -0.39 is 0 Å². The monoisotopic (exact) mass is 186 g/mol. The van der Waals surface area contributed by atoms with E-state index in [1.807, 2.05) is 43.3 Å². The van der Waals surface area contributed by atoms with Crippen molar-refractivity contribution in [1.29, 1.82) is 0 Å². The Hall–Kier alpha value is -1.63. The molecule has 1 aromatic rings.